The van der Waals surface area contributed by atoms with Crippen molar-refractivity contribution in [2.24, 2.45) is 5.41 Å². The van der Waals surface area contributed by atoms with Gasteiger partial charge in [-0.3, -0.25) is 0 Å². The molecule has 1 aliphatic heterocycles. The van der Waals surface area contributed by atoms with Crippen molar-refractivity contribution < 1.29 is 14.6 Å². The number of piperidine rings is 1. The molecule has 102 valence electrons. The van der Waals surface area contributed by atoms with E-state index in [1.54, 1.807) is 4.90 Å². The Morgan fingerprint density at radius 1 is 1.44 bits per heavy atom. The number of carbonyl (C=O) groups is 1. The van der Waals surface area contributed by atoms with Gasteiger partial charge in [0.1, 0.15) is 5.60 Å². The molecular formula is C14H23NO3. The zero-order valence-electron chi connectivity index (χ0n) is 11.5. The van der Waals surface area contributed by atoms with Gasteiger partial charge in [-0.25, -0.2) is 4.79 Å². The minimum Gasteiger partial charge on any atom is -0.444 e. The molecule has 1 fully saturated rings. The number of amides is 1. The Morgan fingerprint density at radius 2 is 2.00 bits per heavy atom. The highest BCUT2D eigenvalue weighted by molar-refractivity contribution is 5.68. The van der Waals surface area contributed by atoms with Gasteiger partial charge < -0.3 is 14.7 Å². The van der Waals surface area contributed by atoms with Gasteiger partial charge in [-0.2, -0.15) is 0 Å². The Hall–Kier alpha value is -1.21. The Balaban J connectivity index is 2.53. The molecule has 0 radical (unpaired) electrons. The average Bonchev–Trinajstić information content (AvgIpc) is 2.28. The van der Waals surface area contributed by atoms with E-state index >= 15 is 0 Å². The van der Waals surface area contributed by atoms with Crippen molar-refractivity contribution in [1.29, 1.82) is 0 Å². The van der Waals surface area contributed by atoms with Crippen molar-refractivity contribution in [3.05, 3.63) is 0 Å². The Bertz CT molecular complexity index is 330. The van der Waals surface area contributed by atoms with E-state index in [1.807, 2.05) is 20.8 Å². The summed E-state index contributed by atoms with van der Waals surface area (Å²) in [5, 5.41) is 9.45. The van der Waals surface area contributed by atoms with E-state index in [-0.39, 0.29) is 18.1 Å². The first kappa shape index (κ1) is 14.8. The fourth-order valence-corrected chi connectivity index (χ4v) is 2.10. The molecule has 0 aliphatic carbocycles. The fraction of sp³-hybridized carbons (Fsp3) is 0.786. The lowest BCUT2D eigenvalue weighted by molar-refractivity contribution is 0.000927. The molecule has 4 nitrogen and oxygen atoms in total. The molecule has 0 bridgehead atoms. The number of likely N-dealkylation sites (tertiary alicyclic amines) is 1. The smallest absolute Gasteiger partial charge is 0.410 e. The summed E-state index contributed by atoms with van der Waals surface area (Å²) in [4.78, 5) is 13.6. The first-order valence-electron chi connectivity index (χ1n) is 6.34. The van der Waals surface area contributed by atoms with Gasteiger partial charge in [0.15, 0.2) is 0 Å². The number of terminal acetylenes is 1. The number of nitrogens with zero attached hydrogens (tertiary/aromatic N) is 1. The van der Waals surface area contributed by atoms with E-state index in [0.29, 0.717) is 19.5 Å². The maximum atomic E-state index is 11.9. The van der Waals surface area contributed by atoms with E-state index in [2.05, 4.69) is 5.92 Å². The molecule has 1 N–H and O–H groups in total. The molecule has 0 atom stereocenters. The molecule has 1 saturated heterocycles. The minimum absolute atomic E-state index is 0.0827. The van der Waals surface area contributed by atoms with E-state index in [9.17, 15) is 9.90 Å². The van der Waals surface area contributed by atoms with Gasteiger partial charge in [-0.05, 0) is 33.6 Å². The van der Waals surface area contributed by atoms with E-state index < -0.39 is 5.60 Å². The van der Waals surface area contributed by atoms with Crippen LogP contribution >= 0.6 is 0 Å². The summed E-state index contributed by atoms with van der Waals surface area (Å²) in [5.41, 5.74) is -0.686. The first-order chi connectivity index (χ1) is 8.32. The van der Waals surface area contributed by atoms with Gasteiger partial charge >= 0.3 is 6.09 Å². The van der Waals surface area contributed by atoms with Gasteiger partial charge in [0.05, 0.1) is 0 Å². The molecule has 1 heterocycles. The van der Waals surface area contributed by atoms with Gasteiger partial charge in [0.2, 0.25) is 0 Å². The highest BCUT2D eigenvalue weighted by atomic mass is 16.6. The maximum absolute atomic E-state index is 11.9. The summed E-state index contributed by atoms with van der Waals surface area (Å²) < 4.78 is 5.32. The monoisotopic (exact) mass is 253 g/mol. The number of aliphatic hydroxyl groups is 1. The van der Waals surface area contributed by atoms with Crippen LogP contribution in [-0.4, -0.2) is 41.4 Å². The van der Waals surface area contributed by atoms with Crippen molar-refractivity contribution in [1.82, 2.24) is 4.90 Å². The normalized spacial score (nSPS) is 19.2. The highest BCUT2D eigenvalue weighted by Crippen LogP contribution is 2.34. The second-order valence-electron chi connectivity index (χ2n) is 6.01. The molecule has 0 aromatic rings. The number of ether oxygens (including phenoxy) is 1. The number of aliphatic hydroxyl groups excluding tert-OH is 1. The van der Waals surface area contributed by atoms with Crippen molar-refractivity contribution in [3.8, 4) is 12.3 Å². The van der Waals surface area contributed by atoms with Crippen LogP contribution < -0.4 is 0 Å². The molecular weight excluding hydrogens is 230 g/mol. The van der Waals surface area contributed by atoms with Crippen molar-refractivity contribution in [2.75, 3.05) is 19.7 Å². The summed E-state index contributed by atoms with van der Waals surface area (Å²) in [5.74, 6) is 2.62. The molecule has 1 aliphatic rings. The number of hydrogen-bond acceptors (Lipinski definition) is 3. The van der Waals surface area contributed by atoms with Crippen LogP contribution in [0.5, 0.6) is 0 Å². The second kappa shape index (κ2) is 5.62. The molecule has 0 aromatic heterocycles. The zero-order chi connectivity index (χ0) is 13.8. The summed E-state index contributed by atoms with van der Waals surface area (Å²) in [6.45, 7) is 6.83. The van der Waals surface area contributed by atoms with Crippen molar-refractivity contribution in [3.63, 3.8) is 0 Å². The van der Waals surface area contributed by atoms with Gasteiger partial charge in [-0.1, -0.05) is 0 Å². The molecule has 0 unspecified atom stereocenters. The SMILES string of the molecule is C#CCC1(CO)CCN(C(=O)OC(C)(C)C)CC1. The van der Waals surface area contributed by atoms with Crippen molar-refractivity contribution >= 4 is 6.09 Å². The zero-order valence-corrected chi connectivity index (χ0v) is 11.5. The van der Waals surface area contributed by atoms with E-state index in [4.69, 9.17) is 11.2 Å². The van der Waals surface area contributed by atoms with Crippen molar-refractivity contribution in [2.45, 2.75) is 45.6 Å². The van der Waals surface area contributed by atoms with Crippen LogP contribution in [0.1, 0.15) is 40.0 Å². The standard InChI is InChI=1S/C14H23NO3/c1-5-6-14(11-16)7-9-15(10-8-14)12(17)18-13(2,3)4/h1,16H,6-11H2,2-4H3. The Kier molecular flexibility index (Phi) is 4.64. The molecule has 1 amide bonds. The van der Waals surface area contributed by atoms with Gasteiger partial charge in [0, 0.05) is 31.5 Å². The summed E-state index contributed by atoms with van der Waals surface area (Å²) >= 11 is 0. The predicted octanol–water partition coefficient (Wildman–Crippen LogP) is 2.02. The molecule has 1 rings (SSSR count). The third-order valence-electron chi connectivity index (χ3n) is 3.29. The van der Waals surface area contributed by atoms with Crippen LogP contribution in [0.3, 0.4) is 0 Å². The lowest BCUT2D eigenvalue weighted by Crippen LogP contribution is -2.46. The predicted molar refractivity (Wildman–Crippen MR) is 70.0 cm³/mol. The van der Waals surface area contributed by atoms with E-state index in [0.717, 1.165) is 12.8 Å². The van der Waals surface area contributed by atoms with Gasteiger partial charge in [0.25, 0.3) is 0 Å². The Labute approximate surface area is 109 Å². The molecule has 4 heteroatoms. The van der Waals surface area contributed by atoms with Crippen LogP contribution in [0.4, 0.5) is 4.79 Å². The fourth-order valence-electron chi connectivity index (χ4n) is 2.10. The lowest BCUT2D eigenvalue weighted by Gasteiger charge is -2.40. The third-order valence-corrected chi connectivity index (χ3v) is 3.29. The molecule has 0 spiro atoms. The van der Waals surface area contributed by atoms with Crippen LogP contribution in [-0.2, 0) is 4.74 Å². The number of rotatable bonds is 2. The largest absolute Gasteiger partial charge is 0.444 e. The van der Waals surface area contributed by atoms with Gasteiger partial charge in [-0.15, -0.1) is 12.3 Å². The molecule has 0 aromatic carbocycles. The summed E-state index contributed by atoms with van der Waals surface area (Å²) in [6.07, 6.45) is 7.07. The lowest BCUT2D eigenvalue weighted by atomic mass is 9.77. The molecule has 18 heavy (non-hydrogen) atoms. The topological polar surface area (TPSA) is 49.8 Å². The number of hydrogen-bond donors (Lipinski definition) is 1. The second-order valence-corrected chi connectivity index (χ2v) is 6.01. The quantitative estimate of drug-likeness (QED) is 0.766. The number of carbonyl (C=O) groups excluding carboxylic acids is 1. The molecule has 0 saturated carbocycles. The minimum atomic E-state index is -0.471. The van der Waals surface area contributed by atoms with E-state index in [1.165, 1.54) is 0 Å². The summed E-state index contributed by atoms with van der Waals surface area (Å²) in [7, 11) is 0. The maximum Gasteiger partial charge on any atom is 0.410 e. The third kappa shape index (κ3) is 3.92. The average molecular weight is 253 g/mol. The van der Waals surface area contributed by atoms with Crippen LogP contribution in [0, 0.1) is 17.8 Å². The summed E-state index contributed by atoms with van der Waals surface area (Å²) in [6, 6.07) is 0. The first-order valence-corrected chi connectivity index (χ1v) is 6.34. The highest BCUT2D eigenvalue weighted by Gasteiger charge is 2.36. The Morgan fingerprint density at radius 3 is 2.39 bits per heavy atom. The van der Waals surface area contributed by atoms with Crippen LogP contribution in [0.25, 0.3) is 0 Å². The van der Waals surface area contributed by atoms with Crippen LogP contribution in [0.2, 0.25) is 0 Å². The van der Waals surface area contributed by atoms with Crippen LogP contribution in [0.15, 0.2) is 0 Å².